The Morgan fingerprint density at radius 3 is 1.92 bits per heavy atom. The highest BCUT2D eigenvalue weighted by atomic mass is 16.6. The van der Waals surface area contributed by atoms with E-state index in [-0.39, 0.29) is 42.4 Å². The lowest BCUT2D eigenvalue weighted by atomic mass is 9.95. The first kappa shape index (κ1) is 40.7. The SMILES string of the molecule is CC(C)(C)OC(=O)NC[C@H](O)C[C@@H]1NC(=O)[C@@H](NC(=O)OC(C)(C)C)Cc2cc(ccc2O)-c2ccc(O)c(c2)C[C@@H](C(=O)N2CCCCC2)NC1=O. The summed E-state index contributed by atoms with van der Waals surface area (Å²) < 4.78 is 10.6. The van der Waals surface area contributed by atoms with Crippen LogP contribution in [0.4, 0.5) is 9.59 Å². The number of hydrogen-bond acceptors (Lipinski definition) is 10. The topological polar surface area (TPSA) is 216 Å². The highest BCUT2D eigenvalue weighted by molar-refractivity contribution is 5.94. The number of nitrogens with zero attached hydrogens (tertiary/aromatic N) is 1. The maximum atomic E-state index is 14.2. The first-order valence-electron chi connectivity index (χ1n) is 18.0. The van der Waals surface area contributed by atoms with Gasteiger partial charge in [-0.1, -0.05) is 12.1 Å². The average Bonchev–Trinajstić information content (AvgIpc) is 3.06. The van der Waals surface area contributed by atoms with Gasteiger partial charge in [-0.3, -0.25) is 14.4 Å². The molecule has 5 amide bonds. The minimum Gasteiger partial charge on any atom is -0.508 e. The molecule has 2 aliphatic heterocycles. The van der Waals surface area contributed by atoms with E-state index in [4.69, 9.17) is 9.47 Å². The molecule has 0 saturated carbocycles. The Hall–Kier alpha value is -5.05. The van der Waals surface area contributed by atoms with Crippen molar-refractivity contribution in [3.63, 3.8) is 0 Å². The lowest BCUT2D eigenvalue weighted by Crippen LogP contribution is -2.59. The zero-order chi connectivity index (χ0) is 39.1. The van der Waals surface area contributed by atoms with Crippen LogP contribution in [0.1, 0.15) is 78.4 Å². The number of aliphatic hydroxyl groups excluding tert-OH is 1. The molecule has 7 N–H and O–H groups in total. The number of benzene rings is 2. The van der Waals surface area contributed by atoms with E-state index in [1.165, 1.54) is 12.1 Å². The Morgan fingerprint density at radius 1 is 0.811 bits per heavy atom. The van der Waals surface area contributed by atoms with Crippen molar-refractivity contribution in [2.24, 2.45) is 0 Å². The van der Waals surface area contributed by atoms with Crippen molar-refractivity contribution < 1.29 is 48.8 Å². The maximum absolute atomic E-state index is 14.2. The van der Waals surface area contributed by atoms with Crippen LogP contribution in [0.15, 0.2) is 36.4 Å². The Kier molecular flexibility index (Phi) is 13.2. The minimum absolute atomic E-state index is 0.0992. The Labute approximate surface area is 309 Å². The van der Waals surface area contributed by atoms with Crippen LogP contribution >= 0.6 is 0 Å². The zero-order valence-electron chi connectivity index (χ0n) is 31.3. The van der Waals surface area contributed by atoms with Gasteiger partial charge in [-0.2, -0.15) is 0 Å². The van der Waals surface area contributed by atoms with Gasteiger partial charge in [-0.15, -0.1) is 0 Å². The number of hydrogen-bond donors (Lipinski definition) is 7. The van der Waals surface area contributed by atoms with Crippen molar-refractivity contribution in [2.75, 3.05) is 19.6 Å². The van der Waals surface area contributed by atoms with Gasteiger partial charge in [0.05, 0.1) is 6.10 Å². The number of phenols is 2. The van der Waals surface area contributed by atoms with Crippen LogP contribution in [0.2, 0.25) is 0 Å². The number of carbonyl (C=O) groups excluding carboxylic acids is 5. The number of ether oxygens (including phenoxy) is 2. The number of alkyl carbamates (subject to hydrolysis) is 2. The fourth-order valence-electron chi connectivity index (χ4n) is 6.14. The van der Waals surface area contributed by atoms with Crippen molar-refractivity contribution in [1.29, 1.82) is 0 Å². The van der Waals surface area contributed by atoms with Crippen LogP contribution in [0.3, 0.4) is 0 Å². The quantitative estimate of drug-likeness (QED) is 0.230. The van der Waals surface area contributed by atoms with Gasteiger partial charge in [-0.05, 0) is 107 Å². The second-order valence-electron chi connectivity index (χ2n) is 15.6. The summed E-state index contributed by atoms with van der Waals surface area (Å²) in [5, 5.41) is 43.2. The number of carbonyl (C=O) groups is 5. The summed E-state index contributed by atoms with van der Waals surface area (Å²) in [7, 11) is 0. The number of rotatable bonds is 6. The summed E-state index contributed by atoms with van der Waals surface area (Å²) in [4.78, 5) is 69.1. The first-order chi connectivity index (χ1) is 24.8. The molecule has 4 rings (SSSR count). The molecule has 1 fully saturated rings. The molecule has 15 heteroatoms. The fraction of sp³-hybridized carbons (Fsp3) is 0.553. The van der Waals surface area contributed by atoms with Gasteiger partial charge in [0.1, 0.15) is 40.8 Å². The van der Waals surface area contributed by atoms with Crippen molar-refractivity contribution in [1.82, 2.24) is 26.2 Å². The molecule has 0 aliphatic carbocycles. The van der Waals surface area contributed by atoms with Crippen LogP contribution in [0, 0.1) is 0 Å². The molecule has 0 unspecified atom stereocenters. The largest absolute Gasteiger partial charge is 0.508 e. The van der Waals surface area contributed by atoms with E-state index in [1.807, 2.05) is 0 Å². The number of aromatic hydroxyl groups is 2. The molecule has 15 nitrogen and oxygen atoms in total. The van der Waals surface area contributed by atoms with Crippen molar-refractivity contribution in [2.45, 2.75) is 115 Å². The second kappa shape index (κ2) is 17.2. The smallest absolute Gasteiger partial charge is 0.408 e. The van der Waals surface area contributed by atoms with E-state index in [2.05, 4.69) is 21.3 Å². The molecule has 2 heterocycles. The Bertz CT molecular complexity index is 1660. The van der Waals surface area contributed by atoms with E-state index >= 15 is 0 Å². The monoisotopic (exact) mass is 739 g/mol. The van der Waals surface area contributed by atoms with E-state index < -0.39 is 65.9 Å². The molecule has 0 radical (unpaired) electrons. The summed E-state index contributed by atoms with van der Waals surface area (Å²) in [5.41, 5.74) is 0.178. The summed E-state index contributed by atoms with van der Waals surface area (Å²) >= 11 is 0. The molecular formula is C38H53N5O10. The highest BCUT2D eigenvalue weighted by Crippen LogP contribution is 2.31. The van der Waals surface area contributed by atoms with Crippen molar-refractivity contribution in [3.8, 4) is 22.6 Å². The summed E-state index contributed by atoms with van der Waals surface area (Å²) in [6.45, 7) is 10.6. The van der Waals surface area contributed by atoms with Crippen LogP contribution in [-0.4, -0.2) is 105 Å². The number of fused-ring (bicyclic) bond motifs is 5. The molecule has 2 aliphatic rings. The fourth-order valence-corrected chi connectivity index (χ4v) is 6.14. The average molecular weight is 740 g/mol. The highest BCUT2D eigenvalue weighted by Gasteiger charge is 2.35. The van der Waals surface area contributed by atoms with Crippen molar-refractivity contribution >= 4 is 29.9 Å². The summed E-state index contributed by atoms with van der Waals surface area (Å²) in [6, 6.07) is 5.55. The molecule has 1 saturated heterocycles. The summed E-state index contributed by atoms with van der Waals surface area (Å²) in [6.07, 6.45) is -1.32. The molecule has 0 aromatic heterocycles. The number of nitrogens with one attached hydrogen (secondary N) is 4. The molecule has 4 atom stereocenters. The van der Waals surface area contributed by atoms with Gasteiger partial charge in [0, 0.05) is 38.9 Å². The van der Waals surface area contributed by atoms with E-state index in [9.17, 15) is 39.3 Å². The molecule has 0 spiro atoms. The Balaban J connectivity index is 1.76. The van der Waals surface area contributed by atoms with Crippen LogP contribution in [0.5, 0.6) is 11.5 Å². The number of aliphatic hydroxyl groups is 1. The van der Waals surface area contributed by atoms with Gasteiger partial charge >= 0.3 is 12.2 Å². The van der Waals surface area contributed by atoms with Crippen LogP contribution in [0.25, 0.3) is 11.1 Å². The minimum atomic E-state index is -1.48. The third-order valence-corrected chi connectivity index (χ3v) is 8.65. The standard InChI is InChI=1S/C38H53N5O10/c1-37(2,3)52-35(50)39-21-26(44)20-28-33(48)41-29(34(49)43-14-8-7-9-15-43)19-25-17-23(11-13-31(25)46)22-10-12-30(45)24(16-22)18-27(32(47)40-28)42-36(51)53-38(4,5)6/h10-13,16-17,26-29,44-46H,7-9,14-15,18-21H2,1-6H3,(H,39,50)(H,40,47)(H,41,48)(H,42,51)/t26-,27+,28+,29+/m1/s1. The number of piperidine rings is 1. The van der Waals surface area contributed by atoms with E-state index in [0.29, 0.717) is 29.8 Å². The van der Waals surface area contributed by atoms with Gasteiger partial charge in [-0.25, -0.2) is 9.59 Å². The van der Waals surface area contributed by atoms with Crippen LogP contribution < -0.4 is 21.3 Å². The molecule has 53 heavy (non-hydrogen) atoms. The number of likely N-dealkylation sites (tertiary alicyclic amines) is 1. The number of amides is 5. The summed E-state index contributed by atoms with van der Waals surface area (Å²) in [5.74, 6) is -2.31. The van der Waals surface area contributed by atoms with Crippen LogP contribution in [-0.2, 0) is 36.7 Å². The first-order valence-corrected chi connectivity index (χ1v) is 18.0. The van der Waals surface area contributed by atoms with Crippen molar-refractivity contribution in [3.05, 3.63) is 47.5 Å². The predicted molar refractivity (Wildman–Crippen MR) is 195 cm³/mol. The van der Waals surface area contributed by atoms with Gasteiger partial charge in [0.15, 0.2) is 0 Å². The van der Waals surface area contributed by atoms with Gasteiger partial charge < -0.3 is 51.0 Å². The molecule has 4 bridgehead atoms. The van der Waals surface area contributed by atoms with Gasteiger partial charge in [0.25, 0.3) is 0 Å². The molecule has 290 valence electrons. The Morgan fingerprint density at radius 2 is 1.36 bits per heavy atom. The maximum Gasteiger partial charge on any atom is 0.408 e. The van der Waals surface area contributed by atoms with E-state index in [1.54, 1.807) is 70.7 Å². The number of phenolic OH excluding ortho intramolecular Hbond substituents is 2. The second-order valence-corrected chi connectivity index (χ2v) is 15.6. The predicted octanol–water partition coefficient (Wildman–Crippen LogP) is 3.01. The molecule has 2 aromatic rings. The zero-order valence-corrected chi connectivity index (χ0v) is 31.3. The third-order valence-electron chi connectivity index (χ3n) is 8.65. The molecular weight excluding hydrogens is 686 g/mol. The lowest BCUT2D eigenvalue weighted by molar-refractivity contribution is -0.138. The lowest BCUT2D eigenvalue weighted by Gasteiger charge is -2.32. The van der Waals surface area contributed by atoms with Gasteiger partial charge in [0.2, 0.25) is 17.7 Å². The third kappa shape index (κ3) is 12.3. The van der Waals surface area contributed by atoms with E-state index in [0.717, 1.165) is 19.3 Å². The normalized spacial score (nSPS) is 20.4. The molecule has 2 aromatic carbocycles.